The number of halogens is 3. The van der Waals surface area contributed by atoms with Gasteiger partial charge >= 0.3 is 0 Å². The molecule has 0 aromatic heterocycles. The van der Waals surface area contributed by atoms with Crippen LogP contribution < -0.4 is 4.74 Å². The van der Waals surface area contributed by atoms with Gasteiger partial charge in [-0.05, 0) is 47.7 Å². The fourth-order valence-corrected chi connectivity index (χ4v) is 3.32. The third-order valence-electron chi connectivity index (χ3n) is 3.46. The van der Waals surface area contributed by atoms with Gasteiger partial charge in [0, 0.05) is 10.0 Å². The van der Waals surface area contributed by atoms with Gasteiger partial charge in [0.05, 0.1) is 12.0 Å². The van der Waals surface area contributed by atoms with Gasteiger partial charge in [0.15, 0.2) is 0 Å². The third kappa shape index (κ3) is 2.76. The van der Waals surface area contributed by atoms with E-state index < -0.39 is 0 Å². The fourth-order valence-electron chi connectivity index (χ4n) is 2.42. The van der Waals surface area contributed by atoms with Crippen molar-refractivity contribution in [2.45, 2.75) is 18.2 Å². The first-order valence-corrected chi connectivity index (χ1v) is 7.69. The van der Waals surface area contributed by atoms with Crippen molar-refractivity contribution in [2.75, 3.05) is 6.61 Å². The summed E-state index contributed by atoms with van der Waals surface area (Å²) in [6, 6.07) is 11.5. The summed E-state index contributed by atoms with van der Waals surface area (Å²) in [6.07, 6.45) is 2.08. The maximum absolute atomic E-state index is 6.56. The number of rotatable bonds is 2. The monoisotopic (exact) mass is 326 g/mol. The minimum atomic E-state index is -0.285. The predicted octanol–water partition coefficient (Wildman–Crippen LogP) is 5.65. The van der Waals surface area contributed by atoms with Crippen LogP contribution >= 0.6 is 34.8 Å². The molecule has 0 bridgehead atoms. The van der Waals surface area contributed by atoms with Crippen molar-refractivity contribution >= 4 is 34.8 Å². The van der Waals surface area contributed by atoms with Crippen molar-refractivity contribution in [3.05, 3.63) is 63.1 Å². The summed E-state index contributed by atoms with van der Waals surface area (Å²) >= 11 is 18.7. The van der Waals surface area contributed by atoms with Crippen LogP contribution in [0.4, 0.5) is 0 Å². The second-order valence-electron chi connectivity index (χ2n) is 4.85. The van der Waals surface area contributed by atoms with Gasteiger partial charge in [-0.25, -0.2) is 0 Å². The molecule has 1 atom stereocenters. The van der Waals surface area contributed by atoms with Gasteiger partial charge in [-0.2, -0.15) is 0 Å². The molecule has 1 unspecified atom stereocenters. The lowest BCUT2D eigenvalue weighted by atomic mass is 9.98. The van der Waals surface area contributed by atoms with E-state index >= 15 is 0 Å². The van der Waals surface area contributed by atoms with Gasteiger partial charge in [0.1, 0.15) is 5.75 Å². The van der Waals surface area contributed by atoms with E-state index in [-0.39, 0.29) is 5.38 Å². The number of hydrogen-bond donors (Lipinski definition) is 0. The molecule has 0 saturated heterocycles. The van der Waals surface area contributed by atoms with Crippen LogP contribution in [0.25, 0.3) is 0 Å². The Morgan fingerprint density at radius 3 is 2.70 bits per heavy atom. The third-order valence-corrected chi connectivity index (χ3v) is 4.51. The van der Waals surface area contributed by atoms with Crippen LogP contribution in [-0.2, 0) is 6.42 Å². The van der Waals surface area contributed by atoms with Gasteiger partial charge in [-0.1, -0.05) is 41.4 Å². The second-order valence-corrected chi connectivity index (χ2v) is 6.13. The second kappa shape index (κ2) is 5.85. The van der Waals surface area contributed by atoms with Gasteiger partial charge in [-0.3, -0.25) is 0 Å². The van der Waals surface area contributed by atoms with Crippen molar-refractivity contribution in [1.82, 2.24) is 0 Å². The van der Waals surface area contributed by atoms with Crippen LogP contribution in [0.1, 0.15) is 28.5 Å². The summed E-state index contributed by atoms with van der Waals surface area (Å²) in [7, 11) is 0. The van der Waals surface area contributed by atoms with Crippen molar-refractivity contribution in [3.63, 3.8) is 0 Å². The Morgan fingerprint density at radius 2 is 1.90 bits per heavy atom. The Morgan fingerprint density at radius 1 is 1.05 bits per heavy atom. The Labute approximate surface area is 133 Å². The maximum atomic E-state index is 6.56. The predicted molar refractivity (Wildman–Crippen MR) is 84.4 cm³/mol. The van der Waals surface area contributed by atoms with E-state index in [2.05, 4.69) is 6.07 Å². The Hall–Kier alpha value is -0.890. The van der Waals surface area contributed by atoms with Crippen molar-refractivity contribution in [3.8, 4) is 5.75 Å². The molecule has 3 rings (SSSR count). The highest BCUT2D eigenvalue weighted by Gasteiger charge is 2.17. The zero-order valence-corrected chi connectivity index (χ0v) is 13.0. The zero-order valence-electron chi connectivity index (χ0n) is 10.7. The quantitative estimate of drug-likeness (QED) is 0.648. The lowest BCUT2D eigenvalue weighted by Crippen LogP contribution is -2.09. The highest BCUT2D eigenvalue weighted by molar-refractivity contribution is 6.36. The topological polar surface area (TPSA) is 9.23 Å². The lowest BCUT2D eigenvalue weighted by molar-refractivity contribution is 0.288. The molecule has 2 aromatic rings. The summed E-state index contributed by atoms with van der Waals surface area (Å²) < 4.78 is 5.62. The standard InChI is InChI=1S/C16H13Cl3O/c17-12-4-5-13(14(18)9-12)16(19)11-3-6-15-10(8-11)2-1-7-20-15/h3-6,8-9,16H,1-2,7H2. The maximum Gasteiger partial charge on any atom is 0.122 e. The summed E-state index contributed by atoms with van der Waals surface area (Å²) in [5.41, 5.74) is 3.11. The highest BCUT2D eigenvalue weighted by atomic mass is 35.5. The van der Waals surface area contributed by atoms with E-state index in [4.69, 9.17) is 39.5 Å². The molecule has 1 aliphatic heterocycles. The van der Waals surface area contributed by atoms with E-state index in [1.165, 1.54) is 5.56 Å². The molecule has 0 amide bonds. The molecular weight excluding hydrogens is 315 g/mol. The number of aryl methyl sites for hydroxylation is 1. The summed E-state index contributed by atoms with van der Waals surface area (Å²) in [5, 5.41) is 0.917. The Bertz CT molecular complexity index is 640. The number of hydrogen-bond acceptors (Lipinski definition) is 1. The Kier molecular flexibility index (Phi) is 4.11. The van der Waals surface area contributed by atoms with E-state index in [9.17, 15) is 0 Å². The molecule has 1 heterocycles. The van der Waals surface area contributed by atoms with E-state index in [0.717, 1.165) is 36.3 Å². The van der Waals surface area contributed by atoms with Crippen LogP contribution in [0, 0.1) is 0 Å². The van der Waals surface area contributed by atoms with Crippen molar-refractivity contribution in [1.29, 1.82) is 0 Å². The molecular formula is C16H13Cl3O. The molecule has 0 aliphatic carbocycles. The molecule has 104 valence electrons. The van der Waals surface area contributed by atoms with E-state index in [1.54, 1.807) is 12.1 Å². The molecule has 20 heavy (non-hydrogen) atoms. The SMILES string of the molecule is Clc1ccc(C(Cl)c2ccc3c(c2)CCCO3)c(Cl)c1. The smallest absolute Gasteiger partial charge is 0.122 e. The van der Waals surface area contributed by atoms with Gasteiger partial charge in [0.25, 0.3) is 0 Å². The molecule has 4 heteroatoms. The molecule has 0 radical (unpaired) electrons. The largest absolute Gasteiger partial charge is 0.493 e. The minimum Gasteiger partial charge on any atom is -0.493 e. The first-order chi connectivity index (χ1) is 9.65. The Balaban J connectivity index is 1.95. The van der Waals surface area contributed by atoms with Crippen LogP contribution in [0.2, 0.25) is 10.0 Å². The van der Waals surface area contributed by atoms with Gasteiger partial charge < -0.3 is 4.74 Å². The number of fused-ring (bicyclic) bond motifs is 1. The summed E-state index contributed by atoms with van der Waals surface area (Å²) in [4.78, 5) is 0. The molecule has 0 N–H and O–H groups in total. The van der Waals surface area contributed by atoms with E-state index in [0.29, 0.717) is 10.0 Å². The average Bonchev–Trinajstić information content (AvgIpc) is 2.46. The zero-order chi connectivity index (χ0) is 14.1. The van der Waals surface area contributed by atoms with Crippen LogP contribution in [-0.4, -0.2) is 6.61 Å². The molecule has 1 nitrogen and oxygen atoms in total. The van der Waals surface area contributed by atoms with Crippen LogP contribution in [0.15, 0.2) is 36.4 Å². The fraction of sp³-hybridized carbons (Fsp3) is 0.250. The van der Waals surface area contributed by atoms with E-state index in [1.807, 2.05) is 18.2 Å². The molecule has 0 saturated carbocycles. The first-order valence-electron chi connectivity index (χ1n) is 6.50. The minimum absolute atomic E-state index is 0.285. The summed E-state index contributed by atoms with van der Waals surface area (Å²) in [5.74, 6) is 0.964. The molecule has 1 aliphatic rings. The number of alkyl halides is 1. The molecule has 0 fully saturated rings. The highest BCUT2D eigenvalue weighted by Crippen LogP contribution is 2.37. The normalized spacial score (nSPS) is 15.3. The molecule has 0 spiro atoms. The average molecular weight is 328 g/mol. The van der Waals surface area contributed by atoms with Gasteiger partial charge in [0.2, 0.25) is 0 Å². The van der Waals surface area contributed by atoms with Gasteiger partial charge in [-0.15, -0.1) is 11.6 Å². The van der Waals surface area contributed by atoms with Crippen LogP contribution in [0.5, 0.6) is 5.75 Å². The number of ether oxygens (including phenoxy) is 1. The van der Waals surface area contributed by atoms with Crippen molar-refractivity contribution in [2.24, 2.45) is 0 Å². The van der Waals surface area contributed by atoms with Crippen molar-refractivity contribution < 1.29 is 4.74 Å². The molecule has 2 aromatic carbocycles. The first kappa shape index (κ1) is 14.1. The number of benzene rings is 2. The lowest BCUT2D eigenvalue weighted by Gasteiger charge is -2.20. The summed E-state index contributed by atoms with van der Waals surface area (Å²) in [6.45, 7) is 0.791. The van der Waals surface area contributed by atoms with Crippen LogP contribution in [0.3, 0.4) is 0 Å².